The summed E-state index contributed by atoms with van der Waals surface area (Å²) >= 11 is 0. The molecular weight excluding hydrogens is 345 g/mol. The zero-order valence-corrected chi connectivity index (χ0v) is 16.1. The molecule has 2 aromatic rings. The van der Waals surface area contributed by atoms with E-state index in [9.17, 15) is 14.0 Å². The maximum Gasteiger partial charge on any atom is 0.261 e. The zero-order chi connectivity index (χ0) is 20.0. The summed E-state index contributed by atoms with van der Waals surface area (Å²) < 4.78 is 13.0. The second kappa shape index (κ2) is 9.16. The van der Waals surface area contributed by atoms with Crippen LogP contribution in [0, 0.1) is 18.7 Å². The van der Waals surface area contributed by atoms with Crippen molar-refractivity contribution in [3.63, 3.8) is 0 Å². The first kappa shape index (κ1) is 20.4. The molecule has 5 nitrogen and oxygen atoms in total. The van der Waals surface area contributed by atoms with Crippen molar-refractivity contribution in [3.05, 3.63) is 65.5 Å². The Morgan fingerprint density at radius 3 is 2.15 bits per heavy atom. The maximum absolute atomic E-state index is 13.0. The highest BCUT2D eigenvalue weighted by Crippen LogP contribution is 2.14. The van der Waals surface area contributed by atoms with Gasteiger partial charge in [-0.25, -0.2) is 4.39 Å². The summed E-state index contributed by atoms with van der Waals surface area (Å²) in [7, 11) is 0. The van der Waals surface area contributed by atoms with Gasteiger partial charge in [-0.05, 0) is 56.2 Å². The lowest BCUT2D eigenvalue weighted by Crippen LogP contribution is -2.54. The van der Waals surface area contributed by atoms with E-state index in [0.29, 0.717) is 12.1 Å². The molecule has 0 radical (unpaired) electrons. The number of nitrogens with zero attached hydrogens (tertiary/aromatic N) is 1. The van der Waals surface area contributed by atoms with Crippen LogP contribution in [0.15, 0.2) is 48.5 Å². The minimum Gasteiger partial charge on any atom is -0.340 e. The fourth-order valence-corrected chi connectivity index (χ4v) is 2.61. The first-order valence-electron chi connectivity index (χ1n) is 9.03. The fourth-order valence-electron chi connectivity index (χ4n) is 2.61. The van der Waals surface area contributed by atoms with Crippen LogP contribution in [0.3, 0.4) is 0 Å². The number of hydrazine groups is 1. The third-order valence-corrected chi connectivity index (χ3v) is 4.25. The van der Waals surface area contributed by atoms with E-state index in [4.69, 9.17) is 0 Å². The van der Waals surface area contributed by atoms with Gasteiger partial charge in [-0.1, -0.05) is 31.5 Å². The average molecular weight is 371 g/mol. The van der Waals surface area contributed by atoms with Crippen LogP contribution >= 0.6 is 0 Å². The van der Waals surface area contributed by atoms with Crippen LogP contribution in [-0.2, 0) is 4.79 Å². The topological polar surface area (TPSA) is 61.4 Å². The molecule has 1 atom stereocenters. The summed E-state index contributed by atoms with van der Waals surface area (Å²) in [5.41, 5.74) is 5.17. The molecule has 0 spiro atoms. The van der Waals surface area contributed by atoms with Crippen molar-refractivity contribution in [2.45, 2.75) is 33.7 Å². The molecule has 0 aliphatic carbocycles. The first-order chi connectivity index (χ1) is 12.8. The Hall–Kier alpha value is -2.89. The Balaban J connectivity index is 2.10. The summed E-state index contributed by atoms with van der Waals surface area (Å²) in [6.45, 7) is 8.22. The van der Waals surface area contributed by atoms with Gasteiger partial charge in [-0.2, -0.15) is 0 Å². The van der Waals surface area contributed by atoms with Crippen molar-refractivity contribution in [3.8, 4) is 0 Å². The number of hydrogen-bond donors (Lipinski definition) is 2. The zero-order valence-electron chi connectivity index (χ0n) is 16.1. The van der Waals surface area contributed by atoms with E-state index in [1.807, 2.05) is 52.0 Å². The average Bonchev–Trinajstić information content (AvgIpc) is 2.65. The van der Waals surface area contributed by atoms with E-state index in [1.165, 1.54) is 24.3 Å². The predicted octanol–water partition coefficient (Wildman–Crippen LogP) is 3.45. The summed E-state index contributed by atoms with van der Waals surface area (Å²) in [4.78, 5) is 25.2. The number of hydrogen-bond acceptors (Lipinski definition) is 3. The van der Waals surface area contributed by atoms with Gasteiger partial charge in [0.15, 0.2) is 0 Å². The van der Waals surface area contributed by atoms with E-state index in [2.05, 4.69) is 10.7 Å². The molecule has 0 heterocycles. The summed E-state index contributed by atoms with van der Waals surface area (Å²) in [5.74, 6) is -1.25. The molecule has 0 aromatic heterocycles. The highest BCUT2D eigenvalue weighted by atomic mass is 19.1. The van der Waals surface area contributed by atoms with Gasteiger partial charge < -0.3 is 5.32 Å². The van der Waals surface area contributed by atoms with E-state index in [0.717, 1.165) is 11.3 Å². The largest absolute Gasteiger partial charge is 0.340 e. The Labute approximate surface area is 159 Å². The van der Waals surface area contributed by atoms with Crippen LogP contribution in [-0.4, -0.2) is 24.4 Å². The van der Waals surface area contributed by atoms with E-state index in [-0.39, 0.29) is 11.8 Å². The van der Waals surface area contributed by atoms with E-state index in [1.54, 1.807) is 5.01 Å². The monoisotopic (exact) mass is 371 g/mol. The summed E-state index contributed by atoms with van der Waals surface area (Å²) in [5, 5.41) is 4.48. The minimum atomic E-state index is -0.720. The van der Waals surface area contributed by atoms with Crippen LogP contribution in [0.2, 0.25) is 0 Å². The van der Waals surface area contributed by atoms with Gasteiger partial charge in [-0.3, -0.25) is 20.0 Å². The van der Waals surface area contributed by atoms with Crippen molar-refractivity contribution in [1.82, 2.24) is 10.7 Å². The molecular formula is C21H26FN3O2. The van der Waals surface area contributed by atoms with Crippen LogP contribution in [0.5, 0.6) is 0 Å². The summed E-state index contributed by atoms with van der Waals surface area (Å²) in [6, 6.07) is 12.3. The molecule has 2 rings (SSSR count). The Morgan fingerprint density at radius 1 is 1.04 bits per heavy atom. The lowest BCUT2D eigenvalue weighted by Gasteiger charge is -2.28. The number of amides is 2. The van der Waals surface area contributed by atoms with Gasteiger partial charge in [0.25, 0.3) is 11.8 Å². The van der Waals surface area contributed by atoms with Crippen LogP contribution in [0.1, 0.15) is 36.7 Å². The lowest BCUT2D eigenvalue weighted by molar-refractivity contribution is -0.124. The van der Waals surface area contributed by atoms with Gasteiger partial charge in [0.1, 0.15) is 11.9 Å². The quantitative estimate of drug-likeness (QED) is 0.733. The fraction of sp³-hybridized carbons (Fsp3) is 0.333. The van der Waals surface area contributed by atoms with Gasteiger partial charge in [0.05, 0.1) is 5.69 Å². The standard InChI is InChI=1S/C21H26FN3O2/c1-5-25(18-12-6-15(4)7-13-18)24-21(27)19(14(2)3)23-20(26)16-8-10-17(22)11-9-16/h6-14,19H,5H2,1-4H3,(H,23,26)(H,24,27)/t19-/m0/s1. The molecule has 6 heteroatoms. The molecule has 0 fully saturated rings. The molecule has 0 saturated heterocycles. The molecule has 2 amide bonds. The number of benzene rings is 2. The number of rotatable bonds is 7. The molecule has 0 aliphatic heterocycles. The minimum absolute atomic E-state index is 0.119. The first-order valence-corrected chi connectivity index (χ1v) is 9.03. The van der Waals surface area contributed by atoms with E-state index >= 15 is 0 Å². The molecule has 0 saturated carbocycles. The van der Waals surface area contributed by atoms with E-state index < -0.39 is 17.8 Å². The Morgan fingerprint density at radius 2 is 1.63 bits per heavy atom. The third kappa shape index (κ3) is 5.54. The van der Waals surface area contributed by atoms with Crippen molar-refractivity contribution >= 4 is 17.5 Å². The SMILES string of the molecule is CCN(NC(=O)[C@@H](NC(=O)c1ccc(F)cc1)C(C)C)c1ccc(C)cc1. The molecule has 144 valence electrons. The van der Waals surface area contributed by atoms with Crippen LogP contribution < -0.4 is 15.8 Å². The smallest absolute Gasteiger partial charge is 0.261 e. The Kier molecular flexibility index (Phi) is 6.93. The Bertz CT molecular complexity index is 773. The van der Waals surface area contributed by atoms with Crippen LogP contribution in [0.25, 0.3) is 0 Å². The number of carbonyl (C=O) groups is 2. The van der Waals surface area contributed by atoms with Crippen molar-refractivity contribution in [2.24, 2.45) is 5.92 Å². The predicted molar refractivity (Wildman–Crippen MR) is 105 cm³/mol. The lowest BCUT2D eigenvalue weighted by atomic mass is 10.0. The normalized spacial score (nSPS) is 11.8. The van der Waals surface area contributed by atoms with Crippen molar-refractivity contribution in [1.29, 1.82) is 0 Å². The van der Waals surface area contributed by atoms with Gasteiger partial charge in [-0.15, -0.1) is 0 Å². The molecule has 0 bridgehead atoms. The number of nitrogens with one attached hydrogen (secondary N) is 2. The third-order valence-electron chi connectivity index (χ3n) is 4.25. The second-order valence-corrected chi connectivity index (χ2v) is 6.76. The molecule has 0 unspecified atom stereocenters. The molecule has 2 aromatic carbocycles. The highest BCUT2D eigenvalue weighted by Gasteiger charge is 2.26. The van der Waals surface area contributed by atoms with Gasteiger partial charge in [0.2, 0.25) is 0 Å². The van der Waals surface area contributed by atoms with Crippen LogP contribution in [0.4, 0.5) is 10.1 Å². The molecule has 2 N–H and O–H groups in total. The maximum atomic E-state index is 13.0. The molecule has 27 heavy (non-hydrogen) atoms. The number of anilines is 1. The second-order valence-electron chi connectivity index (χ2n) is 6.76. The number of aryl methyl sites for hydroxylation is 1. The van der Waals surface area contributed by atoms with Gasteiger partial charge >= 0.3 is 0 Å². The number of halogens is 1. The number of carbonyl (C=O) groups excluding carboxylic acids is 2. The van der Waals surface area contributed by atoms with Crippen molar-refractivity contribution in [2.75, 3.05) is 11.6 Å². The molecule has 0 aliphatic rings. The summed E-state index contributed by atoms with van der Waals surface area (Å²) in [6.07, 6.45) is 0. The van der Waals surface area contributed by atoms with Gasteiger partial charge in [0, 0.05) is 12.1 Å². The highest BCUT2D eigenvalue weighted by molar-refractivity contribution is 5.97. The van der Waals surface area contributed by atoms with Crippen molar-refractivity contribution < 1.29 is 14.0 Å².